The van der Waals surface area contributed by atoms with Crippen LogP contribution in [0.25, 0.3) is 0 Å². The van der Waals surface area contributed by atoms with Gasteiger partial charge in [0.05, 0.1) is 0 Å². The quantitative estimate of drug-likeness (QED) is 0.205. The molecule has 0 bridgehead atoms. The minimum Gasteiger partial charge on any atom is -0.202 e. The van der Waals surface area contributed by atoms with Gasteiger partial charge in [-0.1, -0.05) is 335 Å². The first kappa shape index (κ1) is 46.0. The Kier molecular flexibility index (Phi) is 19.3. The largest absolute Gasteiger partial charge is 0.239 e. The first-order valence-electron chi connectivity index (χ1n) is 7.05. The van der Waals surface area contributed by atoms with Gasteiger partial charge in [0.15, 0.2) is 5.38 Å². The molecule has 211 valence electrons. The Hall–Kier alpha value is 11.0. The van der Waals surface area contributed by atoms with E-state index in [0.29, 0.717) is 0 Å². The van der Waals surface area contributed by atoms with E-state index in [1.54, 1.807) is 0 Å². The molecule has 0 saturated heterocycles. The lowest BCUT2D eigenvalue weighted by Gasteiger charge is -2.59. The molecule has 0 N–H and O–H groups in total. The summed E-state index contributed by atoms with van der Waals surface area (Å²) in [6.45, 7) is 0. The average molecular weight is 1990 g/mol. The molecule has 0 spiro atoms. The normalized spacial score (nSPS) is 17.1. The highest BCUT2D eigenvalue weighted by atomic mass is 80.0. The molecule has 35 heavy (non-hydrogen) atoms. The van der Waals surface area contributed by atoms with Gasteiger partial charge < -0.3 is 0 Å². The maximum Gasteiger partial charge on any atom is 0.239 e. The number of alkyl halides is 23. The van der Waals surface area contributed by atoms with Gasteiger partial charge in [-0.05, 0) is 31.9 Å². The second kappa shape index (κ2) is 14.7. The van der Waals surface area contributed by atoms with Crippen molar-refractivity contribution in [3.05, 3.63) is 0 Å². The van der Waals surface area contributed by atoms with E-state index >= 15 is 0 Å². The maximum absolute atomic E-state index is 13.0. The second-order valence-electron chi connectivity index (χ2n) is 6.18. The molecule has 0 unspecified atom stereocenters. The molecule has 0 aliphatic heterocycles. The molecule has 0 aromatic heterocycles. The van der Waals surface area contributed by atoms with E-state index in [-0.39, 0.29) is 0 Å². The lowest BCUT2D eigenvalue weighted by atomic mass is 10.0. The summed E-state index contributed by atoms with van der Waals surface area (Å²) >= 11 is 84.5. The molecule has 0 saturated carbocycles. The Bertz CT molecular complexity index is 716. The summed E-state index contributed by atoms with van der Waals surface area (Å²) in [4.78, 5) is 0. The Morgan fingerprint density at radius 2 is 0.371 bits per heavy atom. The predicted octanol–water partition coefficient (Wildman–Crippen LogP) is 17.1. The number of rotatable bonds is 9. The molecule has 0 rings (SSSR count). The molecule has 0 aromatic rings. The van der Waals surface area contributed by atoms with Crippen molar-refractivity contribution in [1.82, 2.24) is 0 Å². The highest BCUT2D eigenvalue weighted by Gasteiger charge is 2.80. The van der Waals surface area contributed by atoms with Crippen LogP contribution in [0.2, 0.25) is 0 Å². The van der Waals surface area contributed by atoms with Crippen molar-refractivity contribution >= 4 is 366 Å². The Morgan fingerprint density at radius 3 is 0.514 bits per heavy atom. The summed E-state index contributed by atoms with van der Waals surface area (Å²) in [6.07, 6.45) is 0. The fourth-order valence-corrected chi connectivity index (χ4v) is 22.8. The zero-order valence-electron chi connectivity index (χ0n) is 14.6. The van der Waals surface area contributed by atoms with Gasteiger partial charge in [-0.25, -0.2) is 5.11 Å². The standard InChI is InChI=1S/C11Br23O/c12-1(13,2(14,15)4(18,19)6(22,23)8(26,27)10(30,31)32)3(16,17)5(20,21)7(24,25)9(28,29)11(33,34)35. The lowest BCUT2D eigenvalue weighted by molar-refractivity contribution is 0.137. The number of hydrogen-bond acceptors (Lipinski definition) is 0. The van der Waals surface area contributed by atoms with E-state index in [0.717, 1.165) is 0 Å². The summed E-state index contributed by atoms with van der Waals surface area (Å²) < 4.78 is -13.5. The van der Waals surface area contributed by atoms with E-state index in [1.165, 1.54) is 0 Å². The summed E-state index contributed by atoms with van der Waals surface area (Å²) in [6, 6.07) is 0. The van der Waals surface area contributed by atoms with Crippen LogP contribution in [0.5, 0.6) is 0 Å². The lowest BCUT2D eigenvalue weighted by Crippen LogP contribution is -2.71. The van der Waals surface area contributed by atoms with E-state index in [4.69, 9.17) is 0 Å². The van der Waals surface area contributed by atoms with Gasteiger partial charge in [-0.15, -0.1) is 0 Å². The Morgan fingerprint density at radius 1 is 0.229 bits per heavy atom. The van der Waals surface area contributed by atoms with Crippen molar-refractivity contribution in [1.29, 1.82) is 0 Å². The van der Waals surface area contributed by atoms with Gasteiger partial charge in [-0.3, -0.25) is 0 Å². The van der Waals surface area contributed by atoms with Gasteiger partial charge in [0.25, 0.3) is 0 Å². The summed E-state index contributed by atoms with van der Waals surface area (Å²) in [7, 11) is 0. The SMILES string of the molecule is [O]C(Br)(Br)C(Br)(Br)C(Br)(Br)C(Br)(Br)C(Br)(Br)C(Br)(Br)C(Br)(Br)C(Br)(Br)C(Br)(Br)C(Br)(Br)C(Br)(Br)Br. The summed E-state index contributed by atoms with van der Waals surface area (Å²) in [5.41, 5.74) is 0. The van der Waals surface area contributed by atoms with Crippen LogP contribution < -0.4 is 0 Å². The third-order valence-corrected chi connectivity index (χ3v) is 50.5. The molecule has 0 amide bonds. The van der Waals surface area contributed by atoms with Gasteiger partial charge in [0.1, 0.15) is 25.9 Å². The van der Waals surface area contributed by atoms with Crippen LogP contribution in [-0.2, 0) is 5.11 Å². The zero-order valence-corrected chi connectivity index (χ0v) is 51.1. The van der Waals surface area contributed by atoms with Crippen molar-refractivity contribution < 1.29 is 5.11 Å². The van der Waals surface area contributed by atoms with Crippen LogP contribution >= 0.6 is 366 Å². The van der Waals surface area contributed by atoms with Crippen LogP contribution in [0.15, 0.2) is 0 Å². The molecule has 0 aliphatic carbocycles. The minimum atomic E-state index is -1.89. The first-order valence-corrected chi connectivity index (χ1v) is 25.3. The molecule has 0 atom stereocenters. The van der Waals surface area contributed by atoms with Crippen molar-refractivity contribution in [2.75, 3.05) is 0 Å². The van der Waals surface area contributed by atoms with E-state index in [1.807, 2.05) is 0 Å². The Balaban J connectivity index is 7.15. The molecule has 0 fully saturated rings. The molecular weight excluding hydrogens is 1990 g/mol. The van der Waals surface area contributed by atoms with Gasteiger partial charge in [0.2, 0.25) is 3.42 Å². The second-order valence-corrected chi connectivity index (χ2v) is 47.2. The summed E-state index contributed by atoms with van der Waals surface area (Å²) in [5.74, 6) is 0. The molecule has 1 nitrogen and oxygen atoms in total. The zero-order chi connectivity index (χ0) is 29.5. The van der Waals surface area contributed by atoms with Crippen LogP contribution in [0.3, 0.4) is 0 Å². The van der Waals surface area contributed by atoms with Gasteiger partial charge in [-0.2, -0.15) is 0 Å². The van der Waals surface area contributed by atoms with E-state index in [2.05, 4.69) is 366 Å². The van der Waals surface area contributed by atoms with Gasteiger partial charge in [0, 0.05) is 0 Å². The fourth-order valence-electron chi connectivity index (χ4n) is 1.74. The van der Waals surface area contributed by atoms with Crippen molar-refractivity contribution in [3.63, 3.8) is 0 Å². The highest BCUT2D eigenvalue weighted by Crippen LogP contribution is 2.80. The van der Waals surface area contributed by atoms with Crippen molar-refractivity contribution in [2.45, 2.75) is 34.7 Å². The summed E-state index contributed by atoms with van der Waals surface area (Å²) in [5, 5.41) is 13.0. The fraction of sp³-hybridized carbons (Fsp3) is 1.00. The van der Waals surface area contributed by atoms with Crippen molar-refractivity contribution in [3.8, 4) is 0 Å². The van der Waals surface area contributed by atoms with Crippen molar-refractivity contribution in [2.24, 2.45) is 0 Å². The predicted molar refractivity (Wildman–Crippen MR) is 236 cm³/mol. The molecular formula is C11Br23O. The smallest absolute Gasteiger partial charge is 0.202 e. The van der Waals surface area contributed by atoms with E-state index < -0.39 is 34.7 Å². The van der Waals surface area contributed by atoms with Crippen LogP contribution in [0.1, 0.15) is 0 Å². The molecule has 0 aromatic carbocycles. The molecule has 24 heteroatoms. The average Bonchev–Trinajstić information content (AvgIpc) is 2.58. The van der Waals surface area contributed by atoms with Crippen LogP contribution in [0.4, 0.5) is 0 Å². The topological polar surface area (TPSA) is 19.9 Å². The molecule has 0 heterocycles. The molecule has 1 radical (unpaired) electrons. The highest BCUT2D eigenvalue weighted by molar-refractivity contribution is 9.42. The first-order chi connectivity index (χ1) is 14.5. The third kappa shape index (κ3) is 8.16. The Labute approximate surface area is 396 Å². The van der Waals surface area contributed by atoms with Gasteiger partial charge >= 0.3 is 0 Å². The monoisotopic (exact) mass is 1960 g/mol. The molecule has 0 aliphatic rings. The minimum absolute atomic E-state index is 0.860. The van der Waals surface area contributed by atoms with E-state index in [9.17, 15) is 5.11 Å². The third-order valence-electron chi connectivity index (χ3n) is 3.88. The maximum atomic E-state index is 13.0. The van der Waals surface area contributed by atoms with Crippen LogP contribution in [-0.4, -0.2) is 34.7 Å². The number of hydrogen-bond donors (Lipinski definition) is 0. The van der Waals surface area contributed by atoms with Crippen LogP contribution in [0, 0.1) is 0 Å². The number of halogens is 23.